The van der Waals surface area contributed by atoms with E-state index in [-0.39, 0.29) is 11.6 Å². The predicted molar refractivity (Wildman–Crippen MR) is 114 cm³/mol. The molecular weight excluding hydrogens is 391 g/mol. The van der Waals surface area contributed by atoms with Gasteiger partial charge in [0.2, 0.25) is 10.0 Å². The molecule has 1 aromatic carbocycles. The Morgan fingerprint density at radius 3 is 2.55 bits per heavy atom. The first kappa shape index (κ1) is 21.7. The van der Waals surface area contributed by atoms with Gasteiger partial charge in [0.25, 0.3) is 0 Å². The average Bonchev–Trinajstić information content (AvgIpc) is 2.70. The number of pyridine rings is 1. The van der Waals surface area contributed by atoms with Crippen molar-refractivity contribution < 1.29 is 12.8 Å². The molecule has 2 aromatic rings. The Labute approximate surface area is 172 Å². The quantitative estimate of drug-likeness (QED) is 0.711. The molecule has 1 fully saturated rings. The number of benzene rings is 1. The van der Waals surface area contributed by atoms with Gasteiger partial charge in [-0.05, 0) is 43.2 Å². The van der Waals surface area contributed by atoms with Crippen LogP contribution in [-0.2, 0) is 23.1 Å². The van der Waals surface area contributed by atoms with Crippen molar-refractivity contribution in [1.82, 2.24) is 14.2 Å². The van der Waals surface area contributed by atoms with E-state index in [4.69, 9.17) is 0 Å². The molecule has 1 N–H and O–H groups in total. The number of piperazine rings is 1. The van der Waals surface area contributed by atoms with Gasteiger partial charge in [-0.2, -0.15) is 4.31 Å². The highest BCUT2D eigenvalue weighted by Gasteiger charge is 2.26. The summed E-state index contributed by atoms with van der Waals surface area (Å²) in [7, 11) is -3.13. The topological polar surface area (TPSA) is 65.5 Å². The number of hydrogen-bond donors (Lipinski definition) is 1. The van der Waals surface area contributed by atoms with Gasteiger partial charge in [-0.1, -0.05) is 13.0 Å². The Bertz CT molecular complexity index is 911. The van der Waals surface area contributed by atoms with E-state index in [9.17, 15) is 12.8 Å². The maximum atomic E-state index is 14.2. The molecule has 0 radical (unpaired) electrons. The van der Waals surface area contributed by atoms with Crippen LogP contribution in [0.5, 0.6) is 0 Å². The van der Waals surface area contributed by atoms with Crippen LogP contribution in [0, 0.1) is 12.7 Å². The number of nitrogens with one attached hydrogen (secondary N) is 1. The van der Waals surface area contributed by atoms with Crippen LogP contribution in [-0.4, -0.2) is 54.5 Å². The van der Waals surface area contributed by atoms with Gasteiger partial charge in [-0.3, -0.25) is 9.88 Å². The van der Waals surface area contributed by atoms with Crippen LogP contribution in [0.4, 0.5) is 10.1 Å². The van der Waals surface area contributed by atoms with E-state index in [2.05, 4.69) is 15.2 Å². The number of aryl methyl sites for hydroxylation is 1. The van der Waals surface area contributed by atoms with E-state index in [1.165, 1.54) is 6.07 Å². The fraction of sp³-hybridized carbons (Fsp3) is 0.476. The predicted octanol–water partition coefficient (Wildman–Crippen LogP) is 3.00. The second-order valence-corrected chi connectivity index (χ2v) is 9.55. The van der Waals surface area contributed by atoms with Gasteiger partial charge in [0.05, 0.1) is 17.6 Å². The average molecular weight is 421 g/mol. The third-order valence-electron chi connectivity index (χ3n) is 5.10. The van der Waals surface area contributed by atoms with Crippen LogP contribution in [0.1, 0.15) is 30.2 Å². The third kappa shape index (κ3) is 5.98. The highest BCUT2D eigenvalue weighted by molar-refractivity contribution is 7.89. The van der Waals surface area contributed by atoms with Crippen molar-refractivity contribution in [2.75, 3.05) is 37.2 Å². The van der Waals surface area contributed by atoms with Gasteiger partial charge in [0.1, 0.15) is 5.82 Å². The van der Waals surface area contributed by atoms with Crippen LogP contribution in [0.25, 0.3) is 0 Å². The highest BCUT2D eigenvalue weighted by atomic mass is 32.2. The largest absolute Gasteiger partial charge is 0.380 e. The molecule has 29 heavy (non-hydrogen) atoms. The van der Waals surface area contributed by atoms with Crippen molar-refractivity contribution in [2.45, 2.75) is 33.4 Å². The number of anilines is 1. The summed E-state index contributed by atoms with van der Waals surface area (Å²) in [5.74, 6) is -0.0329. The Kier molecular flexibility index (Phi) is 7.21. The molecule has 0 bridgehead atoms. The van der Waals surface area contributed by atoms with Crippen molar-refractivity contribution >= 4 is 15.7 Å². The fourth-order valence-corrected chi connectivity index (χ4v) is 4.94. The molecule has 0 aliphatic carbocycles. The van der Waals surface area contributed by atoms with Crippen molar-refractivity contribution in [3.8, 4) is 0 Å². The monoisotopic (exact) mass is 420 g/mol. The molecular formula is C21H29FN4O2S. The number of aromatic nitrogens is 1. The molecule has 8 heteroatoms. The smallest absolute Gasteiger partial charge is 0.214 e. The van der Waals surface area contributed by atoms with Crippen LogP contribution in [0.15, 0.2) is 36.5 Å². The van der Waals surface area contributed by atoms with E-state index < -0.39 is 10.0 Å². The molecule has 6 nitrogen and oxygen atoms in total. The minimum absolute atomic E-state index is 0.206. The molecule has 0 spiro atoms. The standard InChI is InChI=1S/C21H29FN4O2S/c1-3-12-29(27,28)26-10-8-25(9-11-26)16-18-5-7-21(22)19(13-18)14-24-20-6-4-17(2)23-15-20/h4-7,13,15,24H,3,8-12,14,16H2,1-2H3. The number of sulfonamides is 1. The summed E-state index contributed by atoms with van der Waals surface area (Å²) < 4.78 is 40.2. The lowest BCUT2D eigenvalue weighted by Gasteiger charge is -2.34. The zero-order chi connectivity index (χ0) is 20.9. The zero-order valence-electron chi connectivity index (χ0n) is 17.1. The lowest BCUT2D eigenvalue weighted by Crippen LogP contribution is -2.48. The van der Waals surface area contributed by atoms with Crippen LogP contribution in [0.3, 0.4) is 0 Å². The molecule has 0 amide bonds. The van der Waals surface area contributed by atoms with E-state index in [1.807, 2.05) is 32.0 Å². The summed E-state index contributed by atoms with van der Waals surface area (Å²) in [4.78, 5) is 6.45. The summed E-state index contributed by atoms with van der Waals surface area (Å²) in [5.41, 5.74) is 3.42. The van der Waals surface area contributed by atoms with Crippen LogP contribution < -0.4 is 5.32 Å². The maximum absolute atomic E-state index is 14.2. The molecule has 0 saturated carbocycles. The van der Waals surface area contributed by atoms with Gasteiger partial charge >= 0.3 is 0 Å². The molecule has 1 aromatic heterocycles. The van der Waals surface area contributed by atoms with Gasteiger partial charge in [0, 0.05) is 50.5 Å². The summed E-state index contributed by atoms with van der Waals surface area (Å²) in [5, 5.41) is 3.20. The van der Waals surface area contributed by atoms with Crippen molar-refractivity contribution in [3.05, 3.63) is 59.2 Å². The van der Waals surface area contributed by atoms with Gasteiger partial charge in [0.15, 0.2) is 0 Å². The van der Waals surface area contributed by atoms with Crippen molar-refractivity contribution in [3.63, 3.8) is 0 Å². The second-order valence-electron chi connectivity index (χ2n) is 7.46. The molecule has 1 aliphatic rings. The minimum Gasteiger partial charge on any atom is -0.380 e. The Morgan fingerprint density at radius 1 is 1.14 bits per heavy atom. The lowest BCUT2D eigenvalue weighted by molar-refractivity contribution is 0.181. The van der Waals surface area contributed by atoms with Crippen molar-refractivity contribution in [1.29, 1.82) is 0 Å². The van der Waals surface area contributed by atoms with E-state index in [1.54, 1.807) is 16.6 Å². The first-order valence-corrected chi connectivity index (χ1v) is 11.6. The number of halogens is 1. The summed E-state index contributed by atoms with van der Waals surface area (Å²) in [6.07, 6.45) is 2.37. The molecule has 3 rings (SSSR count). The second kappa shape index (κ2) is 9.65. The third-order valence-corrected chi connectivity index (χ3v) is 7.17. The summed E-state index contributed by atoms with van der Waals surface area (Å²) in [6.45, 7) is 7.26. The molecule has 0 atom stereocenters. The SMILES string of the molecule is CCCS(=O)(=O)N1CCN(Cc2ccc(F)c(CNc3ccc(C)nc3)c2)CC1. The van der Waals surface area contributed by atoms with Gasteiger partial charge in [-0.15, -0.1) is 0 Å². The first-order chi connectivity index (χ1) is 13.9. The lowest BCUT2D eigenvalue weighted by atomic mass is 10.1. The Hall–Kier alpha value is -2.03. The normalized spacial score (nSPS) is 16.1. The molecule has 2 heterocycles. The summed E-state index contributed by atoms with van der Waals surface area (Å²) >= 11 is 0. The van der Waals surface area contributed by atoms with Gasteiger partial charge < -0.3 is 5.32 Å². The zero-order valence-corrected chi connectivity index (χ0v) is 17.9. The van der Waals surface area contributed by atoms with Crippen molar-refractivity contribution in [2.24, 2.45) is 0 Å². The number of nitrogens with zero attached hydrogens (tertiary/aromatic N) is 3. The fourth-order valence-electron chi connectivity index (χ4n) is 3.44. The number of rotatable bonds is 8. The van der Waals surface area contributed by atoms with E-state index in [0.29, 0.717) is 51.3 Å². The Morgan fingerprint density at radius 2 is 1.90 bits per heavy atom. The summed E-state index contributed by atoms with van der Waals surface area (Å²) in [6, 6.07) is 9.02. The van der Waals surface area contributed by atoms with E-state index in [0.717, 1.165) is 16.9 Å². The van der Waals surface area contributed by atoms with Crippen LogP contribution in [0.2, 0.25) is 0 Å². The maximum Gasteiger partial charge on any atom is 0.214 e. The van der Waals surface area contributed by atoms with Crippen LogP contribution >= 0.6 is 0 Å². The minimum atomic E-state index is -3.13. The molecule has 1 aliphatic heterocycles. The number of hydrogen-bond acceptors (Lipinski definition) is 5. The first-order valence-electron chi connectivity index (χ1n) is 10.0. The van der Waals surface area contributed by atoms with Gasteiger partial charge in [-0.25, -0.2) is 12.8 Å². The molecule has 1 saturated heterocycles. The molecule has 158 valence electrons. The van der Waals surface area contributed by atoms with E-state index >= 15 is 0 Å². The Balaban J connectivity index is 1.57. The highest BCUT2D eigenvalue weighted by Crippen LogP contribution is 2.17. The molecule has 0 unspecified atom stereocenters.